The van der Waals surface area contributed by atoms with Gasteiger partial charge in [-0.2, -0.15) is 0 Å². The molecule has 5 heteroatoms. The molecule has 0 bridgehead atoms. The van der Waals surface area contributed by atoms with E-state index in [2.05, 4.69) is 22.1 Å². The number of carbonyl (C=O) groups excluding carboxylic acids is 1. The van der Waals surface area contributed by atoms with Crippen molar-refractivity contribution < 1.29 is 4.79 Å². The standard InChI is InChI=1S/C12H20N4O/c1-4-15-5-6-16-10(7-13-11(16)8-15)12(17)14-9(2)3/h7,9H,4-6,8H2,1-3H3,(H,14,17). The van der Waals surface area contributed by atoms with Gasteiger partial charge in [0.1, 0.15) is 11.5 Å². The van der Waals surface area contributed by atoms with E-state index in [1.807, 2.05) is 18.4 Å². The van der Waals surface area contributed by atoms with Crippen LogP contribution in [-0.4, -0.2) is 39.5 Å². The van der Waals surface area contributed by atoms with Crippen molar-refractivity contribution in [2.75, 3.05) is 13.1 Å². The number of rotatable bonds is 3. The Balaban J connectivity index is 2.17. The molecule has 1 aliphatic rings. The smallest absolute Gasteiger partial charge is 0.269 e. The normalized spacial score (nSPS) is 16.0. The molecule has 5 nitrogen and oxygen atoms in total. The monoisotopic (exact) mass is 236 g/mol. The Hall–Kier alpha value is -1.36. The van der Waals surface area contributed by atoms with Gasteiger partial charge in [0.05, 0.1) is 12.7 Å². The number of likely N-dealkylation sites (N-methyl/N-ethyl adjacent to an activating group) is 1. The van der Waals surface area contributed by atoms with Crippen LogP contribution >= 0.6 is 0 Å². The predicted octanol–water partition coefficient (Wildman–Crippen LogP) is 0.857. The molecule has 0 atom stereocenters. The minimum Gasteiger partial charge on any atom is -0.349 e. The second kappa shape index (κ2) is 4.87. The SMILES string of the molecule is CCN1CCn2c(C(=O)NC(C)C)cnc2C1. The summed E-state index contributed by atoms with van der Waals surface area (Å²) in [6.45, 7) is 9.77. The van der Waals surface area contributed by atoms with Gasteiger partial charge >= 0.3 is 0 Å². The minimum absolute atomic E-state index is 0.0244. The zero-order valence-electron chi connectivity index (χ0n) is 10.7. The first-order valence-corrected chi connectivity index (χ1v) is 6.19. The highest BCUT2D eigenvalue weighted by atomic mass is 16.2. The van der Waals surface area contributed by atoms with Crippen LogP contribution in [0.1, 0.15) is 37.1 Å². The van der Waals surface area contributed by atoms with Gasteiger partial charge in [-0.15, -0.1) is 0 Å². The van der Waals surface area contributed by atoms with Crippen molar-refractivity contribution in [2.24, 2.45) is 0 Å². The molecule has 0 radical (unpaired) electrons. The lowest BCUT2D eigenvalue weighted by Gasteiger charge is -2.27. The van der Waals surface area contributed by atoms with Gasteiger partial charge in [0.2, 0.25) is 0 Å². The molecule has 0 spiro atoms. The maximum absolute atomic E-state index is 12.0. The van der Waals surface area contributed by atoms with Crippen LogP contribution in [0.3, 0.4) is 0 Å². The average molecular weight is 236 g/mol. The molecule has 1 amide bonds. The zero-order valence-corrected chi connectivity index (χ0v) is 10.7. The molecule has 94 valence electrons. The number of hydrogen-bond donors (Lipinski definition) is 1. The molecular weight excluding hydrogens is 216 g/mol. The fourth-order valence-corrected chi connectivity index (χ4v) is 2.10. The number of nitrogens with zero attached hydrogens (tertiary/aromatic N) is 3. The van der Waals surface area contributed by atoms with Gasteiger partial charge in [0.15, 0.2) is 0 Å². The van der Waals surface area contributed by atoms with Crippen LogP contribution in [0, 0.1) is 0 Å². The highest BCUT2D eigenvalue weighted by molar-refractivity contribution is 5.92. The van der Waals surface area contributed by atoms with Gasteiger partial charge < -0.3 is 9.88 Å². The highest BCUT2D eigenvalue weighted by Crippen LogP contribution is 2.13. The molecule has 0 saturated carbocycles. The number of amides is 1. The molecule has 0 unspecified atom stereocenters. The lowest BCUT2D eigenvalue weighted by molar-refractivity contribution is 0.0929. The second-order valence-corrected chi connectivity index (χ2v) is 4.71. The first kappa shape index (κ1) is 12.1. The number of nitrogens with one attached hydrogen (secondary N) is 1. The third-order valence-electron chi connectivity index (χ3n) is 3.04. The van der Waals surface area contributed by atoms with Gasteiger partial charge in [-0.25, -0.2) is 4.98 Å². The molecule has 0 aliphatic carbocycles. The van der Waals surface area contributed by atoms with Crippen LogP contribution in [0.4, 0.5) is 0 Å². The van der Waals surface area contributed by atoms with Crippen molar-refractivity contribution >= 4 is 5.91 Å². The van der Waals surface area contributed by atoms with Gasteiger partial charge in [0.25, 0.3) is 5.91 Å². The molecule has 1 N–H and O–H groups in total. The Morgan fingerprint density at radius 1 is 1.53 bits per heavy atom. The number of aromatic nitrogens is 2. The third kappa shape index (κ3) is 2.49. The van der Waals surface area contributed by atoms with Crippen molar-refractivity contribution in [3.8, 4) is 0 Å². The van der Waals surface area contributed by atoms with E-state index in [-0.39, 0.29) is 11.9 Å². The van der Waals surface area contributed by atoms with Crippen LogP contribution in [0.5, 0.6) is 0 Å². The van der Waals surface area contributed by atoms with Crippen LogP contribution in [0.25, 0.3) is 0 Å². The summed E-state index contributed by atoms with van der Waals surface area (Å²) in [6.07, 6.45) is 1.69. The minimum atomic E-state index is -0.0244. The quantitative estimate of drug-likeness (QED) is 0.846. The van der Waals surface area contributed by atoms with E-state index < -0.39 is 0 Å². The Morgan fingerprint density at radius 3 is 2.94 bits per heavy atom. The molecule has 1 aliphatic heterocycles. The van der Waals surface area contributed by atoms with E-state index in [9.17, 15) is 4.79 Å². The lowest BCUT2D eigenvalue weighted by atomic mass is 10.3. The fraction of sp³-hybridized carbons (Fsp3) is 0.667. The van der Waals surface area contributed by atoms with Crippen molar-refractivity contribution in [3.63, 3.8) is 0 Å². The summed E-state index contributed by atoms with van der Waals surface area (Å²) in [5.74, 6) is 0.968. The molecule has 1 aromatic heterocycles. The topological polar surface area (TPSA) is 50.2 Å². The molecule has 1 aromatic rings. The largest absolute Gasteiger partial charge is 0.349 e. The van der Waals surface area contributed by atoms with Crippen molar-refractivity contribution in [2.45, 2.75) is 39.9 Å². The summed E-state index contributed by atoms with van der Waals surface area (Å²) in [6, 6.07) is 0.157. The predicted molar refractivity (Wildman–Crippen MR) is 65.8 cm³/mol. The summed E-state index contributed by atoms with van der Waals surface area (Å²) >= 11 is 0. The molecule has 0 aromatic carbocycles. The van der Waals surface area contributed by atoms with E-state index in [4.69, 9.17) is 0 Å². The highest BCUT2D eigenvalue weighted by Gasteiger charge is 2.22. The van der Waals surface area contributed by atoms with Crippen LogP contribution < -0.4 is 5.32 Å². The Bertz CT molecular complexity index is 411. The van der Waals surface area contributed by atoms with E-state index >= 15 is 0 Å². The first-order chi connectivity index (χ1) is 8.11. The first-order valence-electron chi connectivity index (χ1n) is 6.19. The van der Waals surface area contributed by atoms with Gasteiger partial charge in [-0.3, -0.25) is 9.69 Å². The molecule has 2 heterocycles. The number of hydrogen-bond acceptors (Lipinski definition) is 3. The Kier molecular flexibility index (Phi) is 3.47. The van der Waals surface area contributed by atoms with Crippen LogP contribution in [0.2, 0.25) is 0 Å². The molecule has 0 saturated heterocycles. The summed E-state index contributed by atoms with van der Waals surface area (Å²) in [5, 5.41) is 2.91. The average Bonchev–Trinajstić information content (AvgIpc) is 2.70. The molecule has 17 heavy (non-hydrogen) atoms. The summed E-state index contributed by atoms with van der Waals surface area (Å²) in [4.78, 5) is 18.6. The number of fused-ring (bicyclic) bond motifs is 1. The van der Waals surface area contributed by atoms with E-state index in [0.29, 0.717) is 5.69 Å². The van der Waals surface area contributed by atoms with Crippen molar-refractivity contribution in [1.29, 1.82) is 0 Å². The fourth-order valence-electron chi connectivity index (χ4n) is 2.10. The summed E-state index contributed by atoms with van der Waals surface area (Å²) in [7, 11) is 0. The van der Waals surface area contributed by atoms with E-state index in [1.54, 1.807) is 6.20 Å². The molecular formula is C12H20N4O. The van der Waals surface area contributed by atoms with Crippen molar-refractivity contribution in [3.05, 3.63) is 17.7 Å². The van der Waals surface area contributed by atoms with Gasteiger partial charge in [-0.05, 0) is 20.4 Å². The van der Waals surface area contributed by atoms with Crippen LogP contribution in [-0.2, 0) is 13.1 Å². The second-order valence-electron chi connectivity index (χ2n) is 4.71. The maximum Gasteiger partial charge on any atom is 0.269 e. The Morgan fingerprint density at radius 2 is 2.29 bits per heavy atom. The summed E-state index contributed by atoms with van der Waals surface area (Å²) < 4.78 is 2.03. The van der Waals surface area contributed by atoms with E-state index in [0.717, 1.165) is 32.0 Å². The molecule has 0 fully saturated rings. The van der Waals surface area contributed by atoms with Crippen molar-refractivity contribution in [1.82, 2.24) is 19.8 Å². The van der Waals surface area contributed by atoms with E-state index in [1.165, 1.54) is 0 Å². The number of imidazole rings is 1. The lowest BCUT2D eigenvalue weighted by Crippen LogP contribution is -2.37. The zero-order chi connectivity index (χ0) is 12.4. The van der Waals surface area contributed by atoms with Gasteiger partial charge in [0, 0.05) is 19.1 Å². The third-order valence-corrected chi connectivity index (χ3v) is 3.04. The number of carbonyl (C=O) groups is 1. The van der Waals surface area contributed by atoms with Crippen LogP contribution in [0.15, 0.2) is 6.20 Å². The maximum atomic E-state index is 12.0. The van der Waals surface area contributed by atoms with Gasteiger partial charge in [-0.1, -0.05) is 6.92 Å². The molecule has 2 rings (SSSR count). The Labute approximate surface area is 102 Å². The summed E-state index contributed by atoms with van der Waals surface area (Å²) in [5.41, 5.74) is 0.685.